The fraction of sp³-hybridized carbons (Fsp3) is 0.812. The molecule has 1 N–H and O–H groups in total. The van der Waals surface area contributed by atoms with Crippen molar-refractivity contribution in [2.24, 2.45) is 5.92 Å². The van der Waals surface area contributed by atoms with Gasteiger partial charge >= 0.3 is 0 Å². The molecular formula is C16H27N3. The van der Waals surface area contributed by atoms with Crippen LogP contribution in [0.5, 0.6) is 0 Å². The van der Waals surface area contributed by atoms with Gasteiger partial charge in [-0.05, 0) is 32.1 Å². The number of hydrogen-bond donors (Lipinski definition) is 1. The third kappa shape index (κ3) is 3.13. The van der Waals surface area contributed by atoms with Crippen molar-refractivity contribution in [1.29, 1.82) is 0 Å². The van der Waals surface area contributed by atoms with Crippen LogP contribution in [0.4, 0.5) is 5.95 Å². The molecule has 1 aromatic rings. The van der Waals surface area contributed by atoms with Crippen LogP contribution in [0.25, 0.3) is 0 Å². The van der Waals surface area contributed by atoms with Crippen LogP contribution >= 0.6 is 0 Å². The average molecular weight is 261 g/mol. The van der Waals surface area contributed by atoms with Crippen molar-refractivity contribution in [1.82, 2.24) is 9.55 Å². The van der Waals surface area contributed by atoms with Crippen LogP contribution in [0.15, 0.2) is 6.20 Å². The molecule has 0 saturated heterocycles. The summed E-state index contributed by atoms with van der Waals surface area (Å²) in [6.07, 6.45) is 14.7. The van der Waals surface area contributed by atoms with Crippen LogP contribution in [0.2, 0.25) is 0 Å². The van der Waals surface area contributed by atoms with Crippen LogP contribution in [-0.4, -0.2) is 16.1 Å². The summed E-state index contributed by atoms with van der Waals surface area (Å²) >= 11 is 0. The number of aromatic nitrogens is 2. The SMILES string of the molecule is Cc1cn(C2CCCCC2)c(NCCC2CCC2)n1. The highest BCUT2D eigenvalue weighted by Crippen LogP contribution is 2.32. The van der Waals surface area contributed by atoms with E-state index in [0.717, 1.165) is 24.1 Å². The maximum absolute atomic E-state index is 4.68. The van der Waals surface area contributed by atoms with E-state index in [9.17, 15) is 0 Å². The van der Waals surface area contributed by atoms with E-state index in [1.54, 1.807) is 0 Å². The van der Waals surface area contributed by atoms with Crippen LogP contribution < -0.4 is 5.32 Å². The van der Waals surface area contributed by atoms with Gasteiger partial charge in [0.15, 0.2) is 0 Å². The summed E-state index contributed by atoms with van der Waals surface area (Å²) in [5.41, 5.74) is 1.15. The summed E-state index contributed by atoms with van der Waals surface area (Å²) in [4.78, 5) is 4.68. The van der Waals surface area contributed by atoms with Gasteiger partial charge in [-0.15, -0.1) is 0 Å². The molecule has 106 valence electrons. The van der Waals surface area contributed by atoms with Crippen LogP contribution in [0, 0.1) is 12.8 Å². The lowest BCUT2D eigenvalue weighted by Gasteiger charge is -2.27. The minimum atomic E-state index is 0.682. The predicted molar refractivity (Wildman–Crippen MR) is 79.5 cm³/mol. The van der Waals surface area contributed by atoms with E-state index in [0.29, 0.717) is 6.04 Å². The average Bonchev–Trinajstić information content (AvgIpc) is 2.75. The lowest BCUT2D eigenvalue weighted by molar-refractivity contribution is 0.302. The highest BCUT2D eigenvalue weighted by Gasteiger charge is 2.20. The highest BCUT2D eigenvalue weighted by atomic mass is 15.2. The second-order valence-electron chi connectivity index (χ2n) is 6.42. The Labute approximate surface area is 116 Å². The van der Waals surface area contributed by atoms with Gasteiger partial charge in [-0.1, -0.05) is 38.5 Å². The molecule has 0 spiro atoms. The van der Waals surface area contributed by atoms with E-state index >= 15 is 0 Å². The van der Waals surface area contributed by atoms with Crippen molar-refractivity contribution >= 4 is 5.95 Å². The summed E-state index contributed by atoms with van der Waals surface area (Å²) in [6.45, 7) is 3.20. The maximum Gasteiger partial charge on any atom is 0.203 e. The third-order valence-electron chi connectivity index (χ3n) is 4.88. The Bertz CT molecular complexity index is 400. The quantitative estimate of drug-likeness (QED) is 0.856. The van der Waals surface area contributed by atoms with Gasteiger partial charge < -0.3 is 9.88 Å². The first-order valence-electron chi connectivity index (χ1n) is 8.12. The van der Waals surface area contributed by atoms with Gasteiger partial charge in [-0.2, -0.15) is 0 Å². The number of aryl methyl sites for hydroxylation is 1. The van der Waals surface area contributed by atoms with E-state index in [1.807, 2.05) is 0 Å². The molecule has 0 atom stereocenters. The van der Waals surface area contributed by atoms with Crippen molar-refractivity contribution < 1.29 is 0 Å². The van der Waals surface area contributed by atoms with Gasteiger partial charge in [0.25, 0.3) is 0 Å². The lowest BCUT2D eigenvalue weighted by Crippen LogP contribution is -2.19. The number of nitrogens with zero attached hydrogens (tertiary/aromatic N) is 2. The van der Waals surface area contributed by atoms with Gasteiger partial charge in [-0.3, -0.25) is 0 Å². The van der Waals surface area contributed by atoms with E-state index in [4.69, 9.17) is 0 Å². The van der Waals surface area contributed by atoms with Gasteiger partial charge in [-0.25, -0.2) is 4.98 Å². The summed E-state index contributed by atoms with van der Waals surface area (Å²) in [5, 5.41) is 3.58. The van der Waals surface area contributed by atoms with E-state index < -0.39 is 0 Å². The molecule has 0 bridgehead atoms. The maximum atomic E-state index is 4.68. The summed E-state index contributed by atoms with van der Waals surface area (Å²) in [6, 6.07) is 0.682. The van der Waals surface area contributed by atoms with E-state index in [-0.39, 0.29) is 0 Å². The topological polar surface area (TPSA) is 29.9 Å². The molecule has 2 fully saturated rings. The van der Waals surface area contributed by atoms with E-state index in [2.05, 4.69) is 28.0 Å². The zero-order valence-electron chi connectivity index (χ0n) is 12.2. The molecule has 2 aliphatic rings. The Morgan fingerprint density at radius 1 is 1.16 bits per heavy atom. The summed E-state index contributed by atoms with van der Waals surface area (Å²) in [7, 11) is 0. The normalized spacial score (nSPS) is 21.3. The number of nitrogens with one attached hydrogen (secondary N) is 1. The van der Waals surface area contributed by atoms with Gasteiger partial charge in [0.05, 0.1) is 5.69 Å². The second kappa shape index (κ2) is 5.98. The summed E-state index contributed by atoms with van der Waals surface area (Å²) in [5.74, 6) is 2.09. The first-order chi connectivity index (χ1) is 9.33. The van der Waals surface area contributed by atoms with Crippen molar-refractivity contribution in [3.63, 3.8) is 0 Å². The predicted octanol–water partition coefficient (Wildman–Crippen LogP) is 4.30. The molecule has 0 unspecified atom stereocenters. The molecular weight excluding hydrogens is 234 g/mol. The third-order valence-corrected chi connectivity index (χ3v) is 4.88. The molecule has 19 heavy (non-hydrogen) atoms. The lowest BCUT2D eigenvalue weighted by atomic mass is 9.83. The van der Waals surface area contributed by atoms with Gasteiger partial charge in [0.1, 0.15) is 0 Å². The standard InChI is InChI=1S/C16H27N3/c1-13-12-19(15-8-3-2-4-9-15)16(18-13)17-11-10-14-6-5-7-14/h12,14-15H,2-11H2,1H3,(H,17,18). The highest BCUT2D eigenvalue weighted by molar-refractivity contribution is 5.29. The van der Waals surface area contributed by atoms with Crippen molar-refractivity contribution in [2.75, 3.05) is 11.9 Å². The smallest absolute Gasteiger partial charge is 0.203 e. The van der Waals surface area contributed by atoms with Crippen molar-refractivity contribution in [2.45, 2.75) is 70.8 Å². The molecule has 0 aliphatic heterocycles. The van der Waals surface area contributed by atoms with Crippen molar-refractivity contribution in [3.8, 4) is 0 Å². The Morgan fingerprint density at radius 2 is 1.95 bits per heavy atom. The summed E-state index contributed by atoms with van der Waals surface area (Å²) < 4.78 is 2.41. The molecule has 3 heteroatoms. The number of imidazole rings is 1. The molecule has 2 saturated carbocycles. The largest absolute Gasteiger partial charge is 0.356 e. The van der Waals surface area contributed by atoms with Crippen LogP contribution in [0.1, 0.15) is 69.5 Å². The Kier molecular flexibility index (Phi) is 4.09. The fourth-order valence-electron chi connectivity index (χ4n) is 3.45. The van der Waals surface area contributed by atoms with Crippen LogP contribution in [-0.2, 0) is 0 Å². The molecule has 3 rings (SSSR count). The number of rotatable bonds is 5. The van der Waals surface area contributed by atoms with Gasteiger partial charge in [0.2, 0.25) is 5.95 Å². The molecule has 2 aliphatic carbocycles. The Morgan fingerprint density at radius 3 is 2.63 bits per heavy atom. The molecule has 0 amide bonds. The molecule has 3 nitrogen and oxygen atoms in total. The zero-order valence-corrected chi connectivity index (χ0v) is 12.2. The second-order valence-corrected chi connectivity index (χ2v) is 6.42. The van der Waals surface area contributed by atoms with Crippen molar-refractivity contribution in [3.05, 3.63) is 11.9 Å². The number of anilines is 1. The molecule has 1 aromatic heterocycles. The molecule has 1 heterocycles. The first kappa shape index (κ1) is 13.0. The van der Waals surface area contributed by atoms with Gasteiger partial charge in [0, 0.05) is 18.8 Å². The fourth-order valence-corrected chi connectivity index (χ4v) is 3.45. The molecule has 0 aromatic carbocycles. The minimum absolute atomic E-state index is 0.682. The number of hydrogen-bond acceptors (Lipinski definition) is 2. The first-order valence-corrected chi connectivity index (χ1v) is 8.12. The van der Waals surface area contributed by atoms with E-state index in [1.165, 1.54) is 57.8 Å². The molecule has 0 radical (unpaired) electrons. The minimum Gasteiger partial charge on any atom is -0.356 e. The monoisotopic (exact) mass is 261 g/mol. The Balaban J connectivity index is 1.59. The Hall–Kier alpha value is -0.990. The van der Waals surface area contributed by atoms with Crippen LogP contribution in [0.3, 0.4) is 0 Å². The zero-order chi connectivity index (χ0) is 13.1.